The summed E-state index contributed by atoms with van der Waals surface area (Å²) in [6.07, 6.45) is 7.02. The van der Waals surface area contributed by atoms with Crippen LogP contribution in [0.15, 0.2) is 153 Å². The van der Waals surface area contributed by atoms with Crippen LogP contribution in [0.1, 0.15) is 86.5 Å². The van der Waals surface area contributed by atoms with Crippen molar-refractivity contribution in [3.05, 3.63) is 210 Å². The first-order chi connectivity index (χ1) is 42.5. The molecule has 4 aliphatic heterocycles. The molecule has 0 radical (unpaired) electrons. The Labute approximate surface area is 505 Å². The second-order valence-electron chi connectivity index (χ2n) is 22.3. The van der Waals surface area contributed by atoms with Gasteiger partial charge in [0.2, 0.25) is 5.36 Å². The SMILES string of the molecule is CC[C@@H]1CC[C@H](n2cc(CC#CCOCCNC(=O)c3ccc(CNC(=O)c4ccc(N5CCc6c7c(c8cc9ccccc9cc8c65)C=c5c(c6c(c8cc(S(=O)(=O)O)ccc58)=[N+](Cc5ccc(S(=O)(=O)O)cc5)CC6)O7)cc4)cc3)c(=O)[nH]c2=O)O1. The highest BCUT2D eigenvalue weighted by Crippen LogP contribution is 2.51. The minimum atomic E-state index is -4.59. The highest BCUT2D eigenvalue weighted by molar-refractivity contribution is 7.86. The van der Waals surface area contributed by atoms with Crippen molar-refractivity contribution in [3.63, 3.8) is 0 Å². The average molecular weight is 1220 g/mol. The van der Waals surface area contributed by atoms with Crippen LogP contribution in [0.2, 0.25) is 0 Å². The molecule has 88 heavy (non-hydrogen) atoms. The molecular weight excluding hydrogens is 1160 g/mol. The maximum atomic E-state index is 13.6. The third-order valence-electron chi connectivity index (χ3n) is 16.9. The number of fused-ring (bicyclic) bond motifs is 13. The number of carbonyl (C=O) groups excluding carboxylic acids is 2. The Balaban J connectivity index is 0.692. The zero-order valence-electron chi connectivity index (χ0n) is 47.7. The molecule has 19 nitrogen and oxygen atoms in total. The van der Waals surface area contributed by atoms with Gasteiger partial charge in [-0.2, -0.15) is 16.8 Å². The number of hydrogen-bond donors (Lipinski definition) is 5. The van der Waals surface area contributed by atoms with Crippen LogP contribution < -0.4 is 46.7 Å². The van der Waals surface area contributed by atoms with Crippen molar-refractivity contribution >= 4 is 81.8 Å². The van der Waals surface area contributed by atoms with E-state index in [0.29, 0.717) is 72.5 Å². The van der Waals surface area contributed by atoms with Gasteiger partial charge in [0, 0.05) is 88.3 Å². The largest absolute Gasteiger partial charge is 0.455 e. The molecule has 0 saturated carbocycles. The molecule has 446 valence electrons. The van der Waals surface area contributed by atoms with Gasteiger partial charge in [0.15, 0.2) is 6.54 Å². The number of amides is 2. The number of hydrogen-bond acceptors (Lipinski definition) is 12. The van der Waals surface area contributed by atoms with Gasteiger partial charge in [-0.1, -0.05) is 73.4 Å². The normalized spacial score (nSPS) is 15.9. The van der Waals surface area contributed by atoms with Gasteiger partial charge < -0.3 is 29.7 Å². The van der Waals surface area contributed by atoms with E-state index in [4.69, 9.17) is 14.2 Å². The Hall–Kier alpha value is -9.27. The third-order valence-corrected chi connectivity index (χ3v) is 18.6. The van der Waals surface area contributed by atoms with Crippen molar-refractivity contribution in [1.29, 1.82) is 0 Å². The van der Waals surface area contributed by atoms with Crippen molar-refractivity contribution in [1.82, 2.24) is 24.8 Å². The number of aromatic nitrogens is 2. The lowest BCUT2D eigenvalue weighted by molar-refractivity contribution is -0.00214. The van der Waals surface area contributed by atoms with Crippen LogP contribution in [0.4, 0.5) is 11.4 Å². The minimum absolute atomic E-state index is 0.0844. The molecule has 2 atom stereocenters. The molecule has 5 N–H and O–H groups in total. The van der Waals surface area contributed by atoms with Gasteiger partial charge in [0.05, 0.1) is 39.1 Å². The number of aromatic amines is 1. The van der Waals surface area contributed by atoms with Crippen LogP contribution in [0.25, 0.3) is 38.4 Å². The van der Waals surface area contributed by atoms with Crippen LogP contribution in [-0.4, -0.2) is 86.3 Å². The van der Waals surface area contributed by atoms with Crippen LogP contribution in [-0.2, 0) is 62.1 Å². The molecule has 0 spiro atoms. The van der Waals surface area contributed by atoms with Crippen molar-refractivity contribution in [2.45, 2.75) is 80.7 Å². The highest BCUT2D eigenvalue weighted by atomic mass is 32.2. The molecule has 0 aliphatic carbocycles. The third kappa shape index (κ3) is 11.3. The van der Waals surface area contributed by atoms with E-state index in [-0.39, 0.29) is 60.4 Å². The van der Waals surface area contributed by atoms with Gasteiger partial charge in [-0.05, 0) is 132 Å². The molecule has 4 aliphatic rings. The first kappa shape index (κ1) is 57.8. The lowest BCUT2D eigenvalue weighted by atomic mass is 9.91. The standard InChI is InChI=1S/C67H58N6O13S2/c1-2-48-20-25-59(85-48)73-39-46(66(76)70-67(73)77)9-5-6-31-84-32-28-68-64(74)42-14-10-40(11-15-42)37-69-65(75)43-16-18-47(19-17-43)72-30-27-53-61(72)55-34-45-8-4-3-7-44(45)33-54(55)58-36-57-51-24-23-50(88(81,82)83)35-56(51)60-52(62(57)86-63(53)58)26-29-71(60)38-41-12-21-49(22-13-41)87(78,79)80/h3-4,7-8,10-19,21-24,33-36,39,48,59H,2,9,20,25-32,37-38H2,1H3,(H4-,68,69,70,74,75,76,77,78,79,80,81,82,83)/p+1/t48-,59-/m1/s1. The van der Waals surface area contributed by atoms with Gasteiger partial charge in [-0.15, -0.1) is 0 Å². The van der Waals surface area contributed by atoms with Crippen molar-refractivity contribution in [3.8, 4) is 23.3 Å². The topological polar surface area (TPSA) is 256 Å². The summed E-state index contributed by atoms with van der Waals surface area (Å²) in [5.41, 5.74) is 6.45. The van der Waals surface area contributed by atoms with E-state index in [9.17, 15) is 45.1 Å². The van der Waals surface area contributed by atoms with Crippen LogP contribution >= 0.6 is 0 Å². The molecule has 13 rings (SSSR count). The van der Waals surface area contributed by atoms with E-state index in [1.165, 1.54) is 35.0 Å². The van der Waals surface area contributed by atoms with Gasteiger partial charge in [-0.3, -0.25) is 33.0 Å². The fourth-order valence-corrected chi connectivity index (χ4v) is 13.4. The highest BCUT2D eigenvalue weighted by Gasteiger charge is 2.36. The first-order valence-electron chi connectivity index (χ1n) is 29.0. The maximum absolute atomic E-state index is 13.6. The van der Waals surface area contributed by atoms with Crippen LogP contribution in [0.3, 0.4) is 0 Å². The predicted molar refractivity (Wildman–Crippen MR) is 332 cm³/mol. The van der Waals surface area contributed by atoms with Crippen LogP contribution in [0.5, 0.6) is 11.5 Å². The molecule has 2 amide bonds. The Morgan fingerprint density at radius 2 is 1.44 bits per heavy atom. The van der Waals surface area contributed by atoms with E-state index < -0.39 is 37.7 Å². The summed E-state index contributed by atoms with van der Waals surface area (Å²) in [5, 5.41) is 12.7. The van der Waals surface area contributed by atoms with E-state index in [1.807, 2.05) is 31.2 Å². The second kappa shape index (κ2) is 23.4. The molecule has 9 aromatic rings. The van der Waals surface area contributed by atoms with Crippen molar-refractivity contribution < 1.29 is 49.7 Å². The molecule has 0 bridgehead atoms. The minimum Gasteiger partial charge on any atom is -0.455 e. The zero-order valence-corrected chi connectivity index (χ0v) is 49.3. The zero-order chi connectivity index (χ0) is 61.0. The van der Waals surface area contributed by atoms with E-state index >= 15 is 0 Å². The van der Waals surface area contributed by atoms with Gasteiger partial charge in [-0.25, -0.2) is 9.37 Å². The molecular formula is C67H59N6O13S2+. The number of nitrogens with one attached hydrogen (secondary N) is 3. The van der Waals surface area contributed by atoms with Crippen LogP contribution in [0, 0.1) is 11.8 Å². The molecule has 1 aromatic heterocycles. The predicted octanol–water partition coefficient (Wildman–Crippen LogP) is 7.38. The summed E-state index contributed by atoms with van der Waals surface area (Å²) >= 11 is 0. The van der Waals surface area contributed by atoms with E-state index in [0.717, 1.165) is 89.5 Å². The maximum Gasteiger partial charge on any atom is 0.330 e. The van der Waals surface area contributed by atoms with E-state index in [2.05, 4.69) is 67.3 Å². The summed E-state index contributed by atoms with van der Waals surface area (Å²) < 4.78 is 91.2. The Morgan fingerprint density at radius 3 is 2.16 bits per heavy atom. The number of carbonyl (C=O) groups is 2. The lowest BCUT2D eigenvalue weighted by Crippen LogP contribution is -2.34. The molecule has 1 saturated heterocycles. The molecule has 0 unspecified atom stereocenters. The molecule has 5 heterocycles. The number of benzene rings is 8. The first-order valence-corrected chi connectivity index (χ1v) is 31.9. The monoisotopic (exact) mass is 1220 g/mol. The van der Waals surface area contributed by atoms with Gasteiger partial charge in [0.1, 0.15) is 30.9 Å². The van der Waals surface area contributed by atoms with E-state index in [1.54, 1.807) is 54.6 Å². The number of anilines is 2. The lowest BCUT2D eigenvalue weighted by Gasteiger charge is -2.26. The van der Waals surface area contributed by atoms with Gasteiger partial charge in [0.25, 0.3) is 37.6 Å². The quantitative estimate of drug-likeness (QED) is 0.0208. The Bertz CT molecular complexity index is 4940. The number of rotatable bonds is 16. The summed E-state index contributed by atoms with van der Waals surface area (Å²) in [5.74, 6) is 6.60. The smallest absolute Gasteiger partial charge is 0.330 e. The number of H-pyrrole nitrogens is 1. The summed E-state index contributed by atoms with van der Waals surface area (Å²) in [4.78, 5) is 55.6. The summed E-state index contributed by atoms with van der Waals surface area (Å²) in [6, 6.07) is 37.5. The summed E-state index contributed by atoms with van der Waals surface area (Å²) in [7, 11) is -9.00. The fraction of sp³-hybridized carbons (Fsp3) is 0.239. The Morgan fingerprint density at radius 1 is 0.750 bits per heavy atom. The van der Waals surface area contributed by atoms with Crippen molar-refractivity contribution in [2.24, 2.45) is 0 Å². The Kier molecular flexibility index (Phi) is 15.4. The molecule has 8 aromatic carbocycles. The van der Waals surface area contributed by atoms with Crippen molar-refractivity contribution in [2.75, 3.05) is 37.7 Å². The fourth-order valence-electron chi connectivity index (χ4n) is 12.5. The average Bonchev–Trinajstić information content (AvgIpc) is 1.41. The molecule has 1 fully saturated rings. The molecule has 21 heteroatoms. The second-order valence-corrected chi connectivity index (χ2v) is 25.1. The summed E-state index contributed by atoms with van der Waals surface area (Å²) in [6.45, 7) is 4.27. The van der Waals surface area contributed by atoms with Gasteiger partial charge >= 0.3 is 5.69 Å². The number of ether oxygens (including phenoxy) is 3. The number of nitrogens with zero attached hydrogens (tertiary/aromatic N) is 3.